The largest absolute Gasteiger partial charge is 0.505 e. The van der Waals surface area contributed by atoms with Gasteiger partial charge in [-0.15, -0.1) is 0 Å². The highest BCUT2D eigenvalue weighted by atomic mass is 19.1. The van der Waals surface area contributed by atoms with Crippen LogP contribution in [-0.2, 0) is 4.74 Å². The molecule has 2 N–H and O–H groups in total. The standard InChI is InChI=1S/C11H16FNO2/c1-8(5-6-15-2)13-9-3-4-11(14)10(12)7-9/h3-4,7-8,13-14H,5-6H2,1-2H3. The molecule has 0 heterocycles. The predicted molar refractivity (Wildman–Crippen MR) is 57.6 cm³/mol. The van der Waals surface area contributed by atoms with Gasteiger partial charge in [0, 0.05) is 31.5 Å². The average Bonchev–Trinajstić information content (AvgIpc) is 2.20. The van der Waals surface area contributed by atoms with Gasteiger partial charge in [-0.1, -0.05) is 0 Å². The van der Waals surface area contributed by atoms with Gasteiger partial charge in [-0.3, -0.25) is 0 Å². The molecule has 1 unspecified atom stereocenters. The maximum Gasteiger partial charge on any atom is 0.166 e. The van der Waals surface area contributed by atoms with Crippen molar-refractivity contribution in [3.63, 3.8) is 0 Å². The highest BCUT2D eigenvalue weighted by Crippen LogP contribution is 2.20. The van der Waals surface area contributed by atoms with E-state index in [1.807, 2.05) is 6.92 Å². The summed E-state index contributed by atoms with van der Waals surface area (Å²) in [6.07, 6.45) is 0.846. The molecule has 0 saturated carbocycles. The van der Waals surface area contributed by atoms with E-state index in [-0.39, 0.29) is 11.8 Å². The Morgan fingerprint density at radius 1 is 1.53 bits per heavy atom. The number of hydrogen-bond donors (Lipinski definition) is 2. The lowest BCUT2D eigenvalue weighted by Gasteiger charge is -2.14. The highest BCUT2D eigenvalue weighted by Gasteiger charge is 2.04. The molecule has 3 nitrogen and oxygen atoms in total. The molecule has 0 aliphatic heterocycles. The van der Waals surface area contributed by atoms with Gasteiger partial charge in [-0.2, -0.15) is 0 Å². The number of aromatic hydroxyl groups is 1. The number of nitrogens with one attached hydrogen (secondary N) is 1. The molecule has 0 fully saturated rings. The zero-order chi connectivity index (χ0) is 11.3. The van der Waals surface area contributed by atoms with Crippen molar-refractivity contribution in [2.75, 3.05) is 19.0 Å². The molecule has 0 aliphatic rings. The van der Waals surface area contributed by atoms with Crippen molar-refractivity contribution in [3.05, 3.63) is 24.0 Å². The van der Waals surface area contributed by atoms with E-state index in [1.54, 1.807) is 13.2 Å². The molecular formula is C11H16FNO2. The SMILES string of the molecule is COCCC(C)Nc1ccc(O)c(F)c1. The molecule has 1 aromatic rings. The monoisotopic (exact) mass is 213 g/mol. The Morgan fingerprint density at radius 3 is 2.87 bits per heavy atom. The topological polar surface area (TPSA) is 41.5 Å². The second kappa shape index (κ2) is 5.56. The fourth-order valence-corrected chi connectivity index (χ4v) is 1.25. The van der Waals surface area contributed by atoms with E-state index in [4.69, 9.17) is 9.84 Å². The molecule has 0 bridgehead atoms. The van der Waals surface area contributed by atoms with Gasteiger partial charge >= 0.3 is 0 Å². The summed E-state index contributed by atoms with van der Waals surface area (Å²) < 4.78 is 17.9. The van der Waals surface area contributed by atoms with Crippen LogP contribution in [0.2, 0.25) is 0 Å². The third-order valence-corrected chi connectivity index (χ3v) is 2.12. The van der Waals surface area contributed by atoms with Crippen LogP contribution in [0.15, 0.2) is 18.2 Å². The maximum absolute atomic E-state index is 13.0. The smallest absolute Gasteiger partial charge is 0.166 e. The van der Waals surface area contributed by atoms with Gasteiger partial charge in [0.05, 0.1) is 0 Å². The average molecular weight is 213 g/mol. The predicted octanol–water partition coefficient (Wildman–Crippen LogP) is 2.37. The van der Waals surface area contributed by atoms with E-state index in [2.05, 4.69) is 5.32 Å². The Kier molecular flexibility index (Phi) is 4.37. The van der Waals surface area contributed by atoms with E-state index in [1.165, 1.54) is 12.1 Å². The lowest BCUT2D eigenvalue weighted by atomic mass is 10.2. The molecule has 0 aliphatic carbocycles. The lowest BCUT2D eigenvalue weighted by Crippen LogP contribution is -2.17. The first-order chi connectivity index (χ1) is 7.13. The molecule has 1 rings (SSSR count). The van der Waals surface area contributed by atoms with Crippen molar-refractivity contribution >= 4 is 5.69 Å². The summed E-state index contributed by atoms with van der Waals surface area (Å²) in [5.41, 5.74) is 0.661. The van der Waals surface area contributed by atoms with Gasteiger partial charge in [0.1, 0.15) is 0 Å². The van der Waals surface area contributed by atoms with Crippen molar-refractivity contribution in [1.82, 2.24) is 0 Å². The fraction of sp³-hybridized carbons (Fsp3) is 0.455. The lowest BCUT2D eigenvalue weighted by molar-refractivity contribution is 0.191. The van der Waals surface area contributed by atoms with Crippen LogP contribution in [-0.4, -0.2) is 24.9 Å². The molecule has 84 valence electrons. The summed E-state index contributed by atoms with van der Waals surface area (Å²) in [6.45, 7) is 2.65. The molecule has 0 aromatic heterocycles. The molecular weight excluding hydrogens is 197 g/mol. The fourth-order valence-electron chi connectivity index (χ4n) is 1.25. The minimum Gasteiger partial charge on any atom is -0.505 e. The van der Waals surface area contributed by atoms with Crippen molar-refractivity contribution in [2.45, 2.75) is 19.4 Å². The van der Waals surface area contributed by atoms with Crippen LogP contribution >= 0.6 is 0 Å². The summed E-state index contributed by atoms with van der Waals surface area (Å²) in [5, 5.41) is 12.1. The number of benzene rings is 1. The van der Waals surface area contributed by atoms with Crippen LogP contribution < -0.4 is 5.32 Å². The minimum absolute atomic E-state index is 0.203. The van der Waals surface area contributed by atoms with Gasteiger partial charge in [0.15, 0.2) is 11.6 Å². The molecule has 0 saturated heterocycles. The number of phenolic OH excluding ortho intramolecular Hbond substituents is 1. The third kappa shape index (κ3) is 3.75. The van der Waals surface area contributed by atoms with Crippen LogP contribution in [0, 0.1) is 5.82 Å². The summed E-state index contributed by atoms with van der Waals surface area (Å²) in [6, 6.07) is 4.45. The van der Waals surface area contributed by atoms with E-state index in [9.17, 15) is 4.39 Å². The van der Waals surface area contributed by atoms with Crippen LogP contribution in [0.4, 0.5) is 10.1 Å². The molecule has 1 atom stereocenters. The Morgan fingerprint density at radius 2 is 2.27 bits per heavy atom. The van der Waals surface area contributed by atoms with Gasteiger partial charge in [-0.25, -0.2) is 4.39 Å². The highest BCUT2D eigenvalue weighted by molar-refractivity contribution is 5.47. The normalized spacial score (nSPS) is 12.5. The Bertz CT molecular complexity index is 317. The molecule has 1 aromatic carbocycles. The zero-order valence-electron chi connectivity index (χ0n) is 8.96. The van der Waals surface area contributed by atoms with Gasteiger partial charge < -0.3 is 15.2 Å². The van der Waals surface area contributed by atoms with E-state index >= 15 is 0 Å². The number of rotatable bonds is 5. The van der Waals surface area contributed by atoms with Crippen molar-refractivity contribution in [2.24, 2.45) is 0 Å². The summed E-state index contributed by atoms with van der Waals surface area (Å²) in [4.78, 5) is 0. The van der Waals surface area contributed by atoms with Crippen LogP contribution in [0.3, 0.4) is 0 Å². The first-order valence-electron chi connectivity index (χ1n) is 4.87. The molecule has 0 amide bonds. The van der Waals surface area contributed by atoms with E-state index < -0.39 is 5.82 Å². The van der Waals surface area contributed by atoms with Crippen LogP contribution in [0.5, 0.6) is 5.75 Å². The number of phenols is 1. The number of anilines is 1. The summed E-state index contributed by atoms with van der Waals surface area (Å²) >= 11 is 0. The molecule has 0 spiro atoms. The number of methoxy groups -OCH3 is 1. The molecule has 4 heteroatoms. The number of hydrogen-bond acceptors (Lipinski definition) is 3. The van der Waals surface area contributed by atoms with E-state index in [0.29, 0.717) is 12.3 Å². The molecule has 0 radical (unpaired) electrons. The number of halogens is 1. The second-order valence-electron chi connectivity index (χ2n) is 3.49. The number of ether oxygens (including phenoxy) is 1. The molecule has 15 heavy (non-hydrogen) atoms. The van der Waals surface area contributed by atoms with Gasteiger partial charge in [-0.05, 0) is 25.5 Å². The second-order valence-corrected chi connectivity index (χ2v) is 3.49. The zero-order valence-corrected chi connectivity index (χ0v) is 8.96. The van der Waals surface area contributed by atoms with Crippen molar-refractivity contribution in [1.29, 1.82) is 0 Å². The van der Waals surface area contributed by atoms with Crippen LogP contribution in [0.25, 0.3) is 0 Å². The third-order valence-electron chi connectivity index (χ3n) is 2.12. The van der Waals surface area contributed by atoms with Gasteiger partial charge in [0.2, 0.25) is 0 Å². The maximum atomic E-state index is 13.0. The van der Waals surface area contributed by atoms with Crippen molar-refractivity contribution in [3.8, 4) is 5.75 Å². The van der Waals surface area contributed by atoms with Crippen molar-refractivity contribution < 1.29 is 14.2 Å². The summed E-state index contributed by atoms with van der Waals surface area (Å²) in [5.74, 6) is -0.941. The quantitative estimate of drug-likeness (QED) is 0.738. The Hall–Kier alpha value is -1.29. The van der Waals surface area contributed by atoms with Gasteiger partial charge in [0.25, 0.3) is 0 Å². The first-order valence-corrected chi connectivity index (χ1v) is 4.87. The Labute approximate surface area is 88.9 Å². The first kappa shape index (κ1) is 11.8. The van der Waals surface area contributed by atoms with Crippen LogP contribution in [0.1, 0.15) is 13.3 Å². The Balaban J connectivity index is 2.53. The minimum atomic E-state index is -0.612. The van der Waals surface area contributed by atoms with E-state index in [0.717, 1.165) is 6.42 Å². The summed E-state index contributed by atoms with van der Waals surface area (Å²) in [7, 11) is 1.65.